The molecule has 15 heavy (non-hydrogen) atoms. The Labute approximate surface area is 91.1 Å². The minimum absolute atomic E-state index is 0.0553. The van der Waals surface area contributed by atoms with Crippen molar-refractivity contribution in [1.29, 1.82) is 5.26 Å². The monoisotopic (exact) mass is 206 g/mol. The Balaban J connectivity index is 2.12. The molecule has 0 N–H and O–H groups in total. The highest BCUT2D eigenvalue weighted by Crippen LogP contribution is 2.39. The highest BCUT2D eigenvalue weighted by atomic mass is 16.2. The van der Waals surface area contributed by atoms with E-state index in [0.29, 0.717) is 18.4 Å². The van der Waals surface area contributed by atoms with E-state index in [1.165, 1.54) is 6.42 Å². The third-order valence-electron chi connectivity index (χ3n) is 4.10. The van der Waals surface area contributed by atoms with Gasteiger partial charge in [-0.3, -0.25) is 4.79 Å². The summed E-state index contributed by atoms with van der Waals surface area (Å²) in [4.78, 5) is 14.2. The van der Waals surface area contributed by atoms with Crippen LogP contribution in [0.15, 0.2) is 0 Å². The van der Waals surface area contributed by atoms with Crippen molar-refractivity contribution in [3.05, 3.63) is 0 Å². The van der Waals surface area contributed by atoms with Crippen molar-refractivity contribution >= 4 is 5.91 Å². The van der Waals surface area contributed by atoms with Crippen LogP contribution in [-0.4, -0.2) is 23.4 Å². The first kappa shape index (κ1) is 10.5. The average Bonchev–Trinajstić information content (AvgIpc) is 2.88. The molecule has 3 heteroatoms. The number of hydrogen-bond acceptors (Lipinski definition) is 2. The van der Waals surface area contributed by atoms with Crippen LogP contribution < -0.4 is 0 Å². The predicted molar refractivity (Wildman–Crippen MR) is 56.9 cm³/mol. The molecule has 0 aromatic heterocycles. The molecule has 1 amide bonds. The van der Waals surface area contributed by atoms with Gasteiger partial charge in [0.1, 0.15) is 5.41 Å². The summed E-state index contributed by atoms with van der Waals surface area (Å²) in [5, 5.41) is 9.09. The van der Waals surface area contributed by atoms with Crippen LogP contribution in [0.3, 0.4) is 0 Å². The fraction of sp³-hybridized carbons (Fsp3) is 0.833. The summed E-state index contributed by atoms with van der Waals surface area (Å²) in [7, 11) is 0. The number of amides is 1. The number of likely N-dealkylation sites (tertiary alicyclic amines) is 1. The molecule has 1 heterocycles. The zero-order valence-electron chi connectivity index (χ0n) is 9.49. The SMILES string of the molecule is CCC(C)(C#N)C(=O)N1CC2CCC1C2. The van der Waals surface area contributed by atoms with Gasteiger partial charge >= 0.3 is 0 Å². The molecule has 2 bridgehead atoms. The lowest BCUT2D eigenvalue weighted by atomic mass is 9.87. The van der Waals surface area contributed by atoms with Crippen molar-refractivity contribution < 1.29 is 4.79 Å². The number of nitrogens with zero attached hydrogens (tertiary/aromatic N) is 2. The number of piperidine rings is 1. The van der Waals surface area contributed by atoms with Crippen LogP contribution >= 0.6 is 0 Å². The van der Waals surface area contributed by atoms with Crippen molar-refractivity contribution in [2.75, 3.05) is 6.54 Å². The summed E-state index contributed by atoms with van der Waals surface area (Å²) in [6, 6.07) is 2.61. The molecule has 1 saturated heterocycles. The highest BCUT2D eigenvalue weighted by Gasteiger charge is 2.45. The molecule has 2 aliphatic rings. The fourth-order valence-electron chi connectivity index (χ4n) is 2.77. The maximum atomic E-state index is 12.2. The maximum Gasteiger partial charge on any atom is 0.243 e. The minimum atomic E-state index is -0.801. The molecule has 0 spiro atoms. The van der Waals surface area contributed by atoms with Gasteiger partial charge in [-0.25, -0.2) is 0 Å². The van der Waals surface area contributed by atoms with E-state index in [0.717, 1.165) is 19.4 Å². The number of hydrogen-bond donors (Lipinski definition) is 0. The van der Waals surface area contributed by atoms with Gasteiger partial charge < -0.3 is 4.90 Å². The van der Waals surface area contributed by atoms with Crippen LogP contribution in [-0.2, 0) is 4.79 Å². The summed E-state index contributed by atoms with van der Waals surface area (Å²) in [6.07, 6.45) is 4.18. The van der Waals surface area contributed by atoms with Gasteiger partial charge in [0.2, 0.25) is 5.91 Å². The lowest BCUT2D eigenvalue weighted by Gasteiger charge is -2.32. The molecular formula is C12H18N2O. The molecule has 1 aliphatic heterocycles. The number of carbonyl (C=O) groups is 1. The average molecular weight is 206 g/mol. The zero-order chi connectivity index (χ0) is 11.1. The van der Waals surface area contributed by atoms with Crippen LogP contribution in [0.4, 0.5) is 0 Å². The quantitative estimate of drug-likeness (QED) is 0.693. The minimum Gasteiger partial charge on any atom is -0.338 e. The van der Waals surface area contributed by atoms with E-state index in [-0.39, 0.29) is 5.91 Å². The van der Waals surface area contributed by atoms with Gasteiger partial charge in [0.25, 0.3) is 0 Å². The largest absolute Gasteiger partial charge is 0.338 e. The van der Waals surface area contributed by atoms with Crippen molar-refractivity contribution in [3.8, 4) is 6.07 Å². The van der Waals surface area contributed by atoms with Gasteiger partial charge in [-0.05, 0) is 38.5 Å². The van der Waals surface area contributed by atoms with E-state index in [1.54, 1.807) is 6.92 Å². The Bertz CT molecular complexity index is 320. The topological polar surface area (TPSA) is 44.1 Å². The summed E-state index contributed by atoms with van der Waals surface area (Å²) in [5.41, 5.74) is -0.801. The lowest BCUT2D eigenvalue weighted by Crippen LogP contribution is -2.45. The third kappa shape index (κ3) is 1.52. The summed E-state index contributed by atoms with van der Waals surface area (Å²) in [6.45, 7) is 4.57. The van der Waals surface area contributed by atoms with E-state index >= 15 is 0 Å². The van der Waals surface area contributed by atoms with Crippen molar-refractivity contribution in [1.82, 2.24) is 4.90 Å². The lowest BCUT2D eigenvalue weighted by molar-refractivity contribution is -0.140. The van der Waals surface area contributed by atoms with Crippen molar-refractivity contribution in [3.63, 3.8) is 0 Å². The molecular weight excluding hydrogens is 188 g/mol. The first-order valence-electron chi connectivity index (χ1n) is 5.83. The van der Waals surface area contributed by atoms with E-state index < -0.39 is 5.41 Å². The molecule has 0 aromatic carbocycles. The van der Waals surface area contributed by atoms with Gasteiger partial charge in [0, 0.05) is 12.6 Å². The number of carbonyl (C=O) groups excluding carboxylic acids is 1. The smallest absolute Gasteiger partial charge is 0.243 e. The third-order valence-corrected chi connectivity index (χ3v) is 4.10. The highest BCUT2D eigenvalue weighted by molar-refractivity contribution is 5.85. The zero-order valence-corrected chi connectivity index (χ0v) is 9.49. The molecule has 82 valence electrons. The molecule has 3 nitrogen and oxygen atoms in total. The van der Waals surface area contributed by atoms with Gasteiger partial charge in [-0.15, -0.1) is 0 Å². The Morgan fingerprint density at radius 3 is 2.73 bits per heavy atom. The molecule has 1 aliphatic carbocycles. The second kappa shape index (κ2) is 3.52. The van der Waals surface area contributed by atoms with Gasteiger partial charge in [0.15, 0.2) is 0 Å². The van der Waals surface area contributed by atoms with Crippen LogP contribution in [0.5, 0.6) is 0 Å². The first-order valence-corrected chi connectivity index (χ1v) is 5.83. The number of rotatable bonds is 2. The van der Waals surface area contributed by atoms with Crippen molar-refractivity contribution in [2.45, 2.75) is 45.6 Å². The maximum absolute atomic E-state index is 12.2. The Morgan fingerprint density at radius 2 is 2.33 bits per heavy atom. The molecule has 2 rings (SSSR count). The van der Waals surface area contributed by atoms with E-state index in [1.807, 2.05) is 11.8 Å². The summed E-state index contributed by atoms with van der Waals surface area (Å²) < 4.78 is 0. The van der Waals surface area contributed by atoms with E-state index in [4.69, 9.17) is 5.26 Å². The van der Waals surface area contributed by atoms with Gasteiger partial charge in [-0.1, -0.05) is 6.92 Å². The molecule has 0 aromatic rings. The predicted octanol–water partition coefficient (Wildman–Crippen LogP) is 1.94. The number of fused-ring (bicyclic) bond motifs is 2. The van der Waals surface area contributed by atoms with Crippen LogP contribution in [0.1, 0.15) is 39.5 Å². The molecule has 3 atom stereocenters. The van der Waals surface area contributed by atoms with Crippen LogP contribution in [0.25, 0.3) is 0 Å². The summed E-state index contributed by atoms with van der Waals surface area (Å²) in [5.74, 6) is 0.762. The summed E-state index contributed by atoms with van der Waals surface area (Å²) >= 11 is 0. The molecule has 2 fully saturated rings. The molecule has 1 saturated carbocycles. The van der Waals surface area contributed by atoms with Gasteiger partial charge in [-0.2, -0.15) is 5.26 Å². The number of nitriles is 1. The fourth-order valence-corrected chi connectivity index (χ4v) is 2.77. The Hall–Kier alpha value is -1.04. The molecule has 0 radical (unpaired) electrons. The van der Waals surface area contributed by atoms with Gasteiger partial charge in [0.05, 0.1) is 6.07 Å². The standard InChI is InChI=1S/C12H18N2O/c1-3-12(2,8-13)11(15)14-7-9-4-5-10(14)6-9/h9-10H,3-7H2,1-2H3. The Morgan fingerprint density at radius 1 is 1.60 bits per heavy atom. The van der Waals surface area contributed by atoms with E-state index in [9.17, 15) is 4.79 Å². The van der Waals surface area contributed by atoms with Crippen LogP contribution in [0.2, 0.25) is 0 Å². The first-order chi connectivity index (χ1) is 7.10. The van der Waals surface area contributed by atoms with E-state index in [2.05, 4.69) is 6.07 Å². The van der Waals surface area contributed by atoms with Crippen molar-refractivity contribution in [2.24, 2.45) is 11.3 Å². The Kier molecular flexibility index (Phi) is 2.46. The normalized spacial score (nSPS) is 32.5. The van der Waals surface area contributed by atoms with Crippen LogP contribution in [0, 0.1) is 22.7 Å². The second-order valence-electron chi connectivity index (χ2n) is 5.09. The second-order valence-corrected chi connectivity index (χ2v) is 5.09. The molecule has 3 unspecified atom stereocenters.